The van der Waals surface area contributed by atoms with E-state index in [0.29, 0.717) is 11.3 Å². The van der Waals surface area contributed by atoms with E-state index in [2.05, 4.69) is 16.9 Å². The van der Waals surface area contributed by atoms with Crippen molar-refractivity contribution in [3.05, 3.63) is 70.5 Å². The molecule has 2 aromatic rings. The zero-order chi connectivity index (χ0) is 19.8. The molecular formula is C19H15ClF4N2O. The Morgan fingerprint density at radius 1 is 1.30 bits per heavy atom. The second-order valence-electron chi connectivity index (χ2n) is 6.26. The number of pyridine rings is 1. The molecule has 0 radical (unpaired) electrons. The maximum atomic E-state index is 15.5. The lowest BCUT2D eigenvalue weighted by Crippen LogP contribution is -2.43. The molecule has 0 bridgehead atoms. The Hall–Kier alpha value is -2.41. The molecule has 1 atom stereocenters. The summed E-state index contributed by atoms with van der Waals surface area (Å²) in [6.07, 6.45) is -3.01. The summed E-state index contributed by atoms with van der Waals surface area (Å²) >= 11 is 5.81. The normalized spacial score (nSPS) is 19.5. The van der Waals surface area contributed by atoms with Crippen LogP contribution in [0.1, 0.15) is 35.2 Å². The van der Waals surface area contributed by atoms with Crippen molar-refractivity contribution >= 4 is 23.1 Å². The van der Waals surface area contributed by atoms with Gasteiger partial charge < -0.3 is 5.32 Å². The van der Waals surface area contributed by atoms with Crippen molar-refractivity contribution in [1.82, 2.24) is 10.3 Å². The maximum Gasteiger partial charge on any atom is 0.417 e. The van der Waals surface area contributed by atoms with Crippen LogP contribution >= 0.6 is 11.6 Å². The lowest BCUT2D eigenvalue weighted by molar-refractivity contribution is -0.137. The summed E-state index contributed by atoms with van der Waals surface area (Å²) in [6, 6.07) is 6.36. The molecule has 1 aromatic heterocycles. The first-order valence-corrected chi connectivity index (χ1v) is 8.48. The maximum absolute atomic E-state index is 15.5. The van der Waals surface area contributed by atoms with Crippen LogP contribution in [0.4, 0.5) is 17.6 Å². The van der Waals surface area contributed by atoms with E-state index < -0.39 is 28.3 Å². The van der Waals surface area contributed by atoms with Gasteiger partial charge in [0.2, 0.25) is 5.67 Å². The van der Waals surface area contributed by atoms with Crippen LogP contribution in [0.15, 0.2) is 43.1 Å². The molecule has 8 heteroatoms. The van der Waals surface area contributed by atoms with Crippen LogP contribution in [-0.2, 0) is 23.2 Å². The number of nitrogens with one attached hydrogen (secondary N) is 1. The van der Waals surface area contributed by atoms with Gasteiger partial charge in [-0.15, -0.1) is 0 Å². The fourth-order valence-electron chi connectivity index (χ4n) is 3.07. The molecule has 1 aliphatic rings. The van der Waals surface area contributed by atoms with Crippen LogP contribution in [0.3, 0.4) is 0 Å². The Morgan fingerprint density at radius 2 is 2.04 bits per heavy atom. The quantitative estimate of drug-likeness (QED) is 0.736. The molecular weight excluding hydrogens is 384 g/mol. The van der Waals surface area contributed by atoms with Crippen LogP contribution in [-0.4, -0.2) is 10.9 Å². The van der Waals surface area contributed by atoms with Gasteiger partial charge in [-0.25, -0.2) is 4.39 Å². The lowest BCUT2D eigenvalue weighted by atomic mass is 9.80. The monoisotopic (exact) mass is 398 g/mol. The van der Waals surface area contributed by atoms with Gasteiger partial charge in [0.25, 0.3) is 5.91 Å². The van der Waals surface area contributed by atoms with Crippen LogP contribution in [0.25, 0.3) is 5.57 Å². The number of fused-ring (bicyclic) bond motifs is 1. The van der Waals surface area contributed by atoms with E-state index in [1.807, 2.05) is 0 Å². The summed E-state index contributed by atoms with van der Waals surface area (Å²) in [5.41, 5.74) is -2.22. The van der Waals surface area contributed by atoms with E-state index in [9.17, 15) is 18.0 Å². The predicted octanol–water partition coefficient (Wildman–Crippen LogP) is 5.04. The minimum atomic E-state index is -4.62. The number of amides is 1. The van der Waals surface area contributed by atoms with E-state index in [1.54, 1.807) is 0 Å². The Kier molecular flexibility index (Phi) is 4.99. The van der Waals surface area contributed by atoms with Crippen molar-refractivity contribution in [2.45, 2.75) is 31.2 Å². The molecule has 3 rings (SSSR count). The Morgan fingerprint density at radius 3 is 2.74 bits per heavy atom. The average Bonchev–Trinajstić information content (AvgIpc) is 2.63. The van der Waals surface area contributed by atoms with Crippen LogP contribution in [0.5, 0.6) is 0 Å². The van der Waals surface area contributed by atoms with Gasteiger partial charge in [-0.2, -0.15) is 13.2 Å². The highest BCUT2D eigenvalue weighted by atomic mass is 35.5. The topological polar surface area (TPSA) is 42.0 Å². The largest absolute Gasteiger partial charge is 0.417 e. The van der Waals surface area contributed by atoms with Gasteiger partial charge in [0.15, 0.2) is 0 Å². The number of halogens is 5. The first-order chi connectivity index (χ1) is 12.6. The molecule has 1 aliphatic carbocycles. The number of benzene rings is 1. The van der Waals surface area contributed by atoms with Crippen molar-refractivity contribution in [3.8, 4) is 0 Å². The van der Waals surface area contributed by atoms with Crippen LogP contribution in [0, 0.1) is 0 Å². The third-order valence-electron chi connectivity index (χ3n) is 4.52. The van der Waals surface area contributed by atoms with Crippen LogP contribution in [0.2, 0.25) is 5.02 Å². The number of carbonyl (C=O) groups is 1. The number of hydrogen-bond acceptors (Lipinski definition) is 2. The van der Waals surface area contributed by atoms with Gasteiger partial charge in [0.05, 0.1) is 16.3 Å². The average molecular weight is 399 g/mol. The molecule has 0 aliphatic heterocycles. The smallest absolute Gasteiger partial charge is 0.349 e. The Labute approximate surface area is 158 Å². The third-order valence-corrected chi connectivity index (χ3v) is 4.97. The minimum Gasteiger partial charge on any atom is -0.349 e. The highest BCUT2D eigenvalue weighted by molar-refractivity contribution is 6.32. The highest BCUT2D eigenvalue weighted by Crippen LogP contribution is 2.42. The summed E-state index contributed by atoms with van der Waals surface area (Å²) in [5.74, 6) is -0.947. The van der Waals surface area contributed by atoms with Crippen molar-refractivity contribution in [2.24, 2.45) is 0 Å². The number of alkyl halides is 4. The molecule has 27 heavy (non-hydrogen) atoms. The molecule has 1 amide bonds. The SMILES string of the molecule is C=C1CC[C@@](F)(C(=O)NCc2cccc(C(F)(F)F)c2Cl)c2cccnc21. The molecule has 0 unspecified atom stereocenters. The molecule has 1 aromatic carbocycles. The number of allylic oxidation sites excluding steroid dienone is 1. The van der Waals surface area contributed by atoms with Gasteiger partial charge >= 0.3 is 6.18 Å². The van der Waals surface area contributed by atoms with Crippen LogP contribution < -0.4 is 5.32 Å². The molecule has 142 valence electrons. The van der Waals surface area contributed by atoms with Gasteiger partial charge in [0.1, 0.15) is 0 Å². The second-order valence-corrected chi connectivity index (χ2v) is 6.64. The molecule has 0 fully saturated rings. The summed E-state index contributed by atoms with van der Waals surface area (Å²) in [4.78, 5) is 16.6. The second kappa shape index (κ2) is 6.96. The summed E-state index contributed by atoms with van der Waals surface area (Å²) in [7, 11) is 0. The zero-order valence-corrected chi connectivity index (χ0v) is 14.8. The van der Waals surface area contributed by atoms with Gasteiger partial charge in [-0.05, 0) is 36.1 Å². The van der Waals surface area contributed by atoms with Gasteiger partial charge in [-0.3, -0.25) is 9.78 Å². The number of aromatic nitrogens is 1. The standard InChI is InChI=1S/C19H15ClF4N2O/c1-11-7-8-18(21,14-6-3-9-25-16(11)14)17(27)26-10-12-4-2-5-13(15(12)20)19(22,23)24/h2-6,9H,1,7-8,10H2,(H,26,27)/t18-/m0/s1. The van der Waals surface area contributed by atoms with E-state index >= 15 is 4.39 Å². The van der Waals surface area contributed by atoms with E-state index in [0.717, 1.165) is 6.07 Å². The number of carbonyl (C=O) groups excluding carboxylic acids is 1. The lowest BCUT2D eigenvalue weighted by Gasteiger charge is -2.31. The Bertz CT molecular complexity index is 913. The van der Waals surface area contributed by atoms with Crippen molar-refractivity contribution in [1.29, 1.82) is 0 Å². The fraction of sp³-hybridized carbons (Fsp3) is 0.263. The van der Waals surface area contributed by atoms with E-state index in [4.69, 9.17) is 11.6 Å². The predicted molar refractivity (Wildman–Crippen MR) is 93.6 cm³/mol. The Balaban J connectivity index is 1.83. The molecule has 0 saturated heterocycles. The number of nitrogens with zero attached hydrogens (tertiary/aromatic N) is 1. The minimum absolute atomic E-state index is 0.0510. The number of rotatable bonds is 3. The van der Waals surface area contributed by atoms with Crippen molar-refractivity contribution in [2.75, 3.05) is 0 Å². The zero-order valence-electron chi connectivity index (χ0n) is 14.0. The highest BCUT2D eigenvalue weighted by Gasteiger charge is 2.45. The van der Waals surface area contributed by atoms with Gasteiger partial charge in [-0.1, -0.05) is 36.4 Å². The van der Waals surface area contributed by atoms with Crippen molar-refractivity contribution in [3.63, 3.8) is 0 Å². The first-order valence-electron chi connectivity index (χ1n) is 8.10. The van der Waals surface area contributed by atoms with Gasteiger partial charge in [0, 0.05) is 18.3 Å². The molecule has 3 nitrogen and oxygen atoms in total. The first kappa shape index (κ1) is 19.4. The fourth-order valence-corrected chi connectivity index (χ4v) is 3.37. The molecule has 1 N–H and O–H groups in total. The van der Waals surface area contributed by atoms with Crippen molar-refractivity contribution < 1.29 is 22.4 Å². The van der Waals surface area contributed by atoms with E-state index in [1.165, 1.54) is 30.5 Å². The number of hydrogen-bond donors (Lipinski definition) is 1. The molecule has 0 spiro atoms. The molecule has 0 saturated carbocycles. The summed E-state index contributed by atoms with van der Waals surface area (Å²) < 4.78 is 54.3. The summed E-state index contributed by atoms with van der Waals surface area (Å²) in [6.45, 7) is 3.50. The molecule has 1 heterocycles. The summed E-state index contributed by atoms with van der Waals surface area (Å²) in [5, 5.41) is 1.84. The van der Waals surface area contributed by atoms with E-state index in [-0.39, 0.29) is 30.5 Å². The third kappa shape index (κ3) is 3.56.